The molecule has 0 radical (unpaired) electrons. The molecule has 0 amide bonds. The Kier molecular flexibility index (Phi) is 12.2. The standard InChI is InChI=1S/C46H70O8/c1-13-32-20-31(24-47)18-27(5)39(53-43(9,10)11)25(3)16-15-17-44(12)22-28(6)29(7)23-46(44)41(51)36(42(52)54-46)40(50)45(14-2)37(32)26(4)19-33-35(49)21-34(48)30(8)38(33)45/h19-20,22,25,27,29-31,33,35,37-39,47,49-50H,13-18,21,23-24H2,1-12H3/b32-20+,40-36+/t25?,27-,29-,30?,31-,33-,35?,37+,38?,39-,44-,45?,46?/m1/s1. The molecule has 0 aromatic rings. The van der Waals surface area contributed by atoms with Gasteiger partial charge in [-0.05, 0) is 90.4 Å². The van der Waals surface area contributed by atoms with Gasteiger partial charge in [-0.2, -0.15) is 0 Å². The van der Waals surface area contributed by atoms with E-state index in [1.807, 2.05) is 27.7 Å². The minimum Gasteiger partial charge on any atom is -0.511 e. The molecule has 13 atom stereocenters. The van der Waals surface area contributed by atoms with Crippen LogP contribution in [0.4, 0.5) is 0 Å². The maximum Gasteiger partial charge on any atom is 0.346 e. The van der Waals surface area contributed by atoms with Crippen molar-refractivity contribution < 1.29 is 39.2 Å². The molecule has 8 nitrogen and oxygen atoms in total. The smallest absolute Gasteiger partial charge is 0.346 e. The molecule has 1 heterocycles. The summed E-state index contributed by atoms with van der Waals surface area (Å²) in [5, 5.41) is 35.5. The van der Waals surface area contributed by atoms with Crippen LogP contribution in [0.15, 0.2) is 46.3 Å². The zero-order valence-electron chi connectivity index (χ0n) is 35.3. The van der Waals surface area contributed by atoms with Crippen LogP contribution in [0.1, 0.15) is 134 Å². The second-order valence-electron chi connectivity index (χ2n) is 19.4. The van der Waals surface area contributed by atoms with Crippen molar-refractivity contribution in [3.05, 3.63) is 46.3 Å². The number of allylic oxidation sites excluding steroid dienone is 4. The number of aliphatic hydroxyl groups excluding tert-OH is 3. The van der Waals surface area contributed by atoms with Gasteiger partial charge < -0.3 is 24.8 Å². The van der Waals surface area contributed by atoms with Gasteiger partial charge in [0.05, 0.1) is 17.8 Å². The lowest BCUT2D eigenvalue weighted by Crippen LogP contribution is -2.57. The number of aliphatic hydroxyl groups is 3. The summed E-state index contributed by atoms with van der Waals surface area (Å²) in [4.78, 5) is 43.5. The normalized spacial score (nSPS) is 44.9. The van der Waals surface area contributed by atoms with E-state index in [4.69, 9.17) is 9.47 Å². The van der Waals surface area contributed by atoms with E-state index in [0.29, 0.717) is 32.1 Å². The fourth-order valence-electron chi connectivity index (χ4n) is 11.9. The second kappa shape index (κ2) is 15.4. The molecule has 3 N–H and O–H groups in total. The van der Waals surface area contributed by atoms with Crippen molar-refractivity contribution in [1.82, 2.24) is 0 Å². The minimum absolute atomic E-state index is 0.0110. The zero-order chi connectivity index (χ0) is 40.3. The Morgan fingerprint density at radius 3 is 2.26 bits per heavy atom. The Morgan fingerprint density at radius 1 is 1.00 bits per heavy atom. The van der Waals surface area contributed by atoms with E-state index < -0.39 is 58.0 Å². The van der Waals surface area contributed by atoms with Crippen molar-refractivity contribution >= 4 is 17.5 Å². The molecule has 5 aliphatic rings. The quantitative estimate of drug-likeness (QED) is 0.148. The van der Waals surface area contributed by atoms with Crippen molar-refractivity contribution in [2.75, 3.05) is 6.61 Å². The first-order valence-corrected chi connectivity index (χ1v) is 20.9. The minimum atomic E-state index is -1.50. The van der Waals surface area contributed by atoms with Crippen LogP contribution in [0.5, 0.6) is 0 Å². The number of ketones is 2. The number of hydrogen-bond donors (Lipinski definition) is 3. The van der Waals surface area contributed by atoms with Gasteiger partial charge in [0.25, 0.3) is 0 Å². The third-order valence-electron chi connectivity index (χ3n) is 14.6. The average Bonchev–Trinajstić information content (AvgIpc) is 3.34. The van der Waals surface area contributed by atoms with Gasteiger partial charge in [0.1, 0.15) is 17.1 Å². The summed E-state index contributed by atoms with van der Waals surface area (Å²) in [6.45, 7) is 24.6. The van der Waals surface area contributed by atoms with Crippen LogP contribution in [-0.2, 0) is 23.9 Å². The van der Waals surface area contributed by atoms with Gasteiger partial charge in [-0.1, -0.05) is 89.8 Å². The number of esters is 1. The Balaban J connectivity index is 1.84. The topological polar surface area (TPSA) is 130 Å². The first-order chi connectivity index (χ1) is 25.1. The highest BCUT2D eigenvalue weighted by molar-refractivity contribution is 6.26. The van der Waals surface area contributed by atoms with E-state index in [1.165, 1.54) is 0 Å². The monoisotopic (exact) mass is 751 g/mol. The van der Waals surface area contributed by atoms with E-state index in [0.717, 1.165) is 29.6 Å². The molecule has 4 aliphatic carbocycles. The molecule has 6 unspecified atom stereocenters. The van der Waals surface area contributed by atoms with Crippen LogP contribution >= 0.6 is 0 Å². The summed E-state index contributed by atoms with van der Waals surface area (Å²) in [7, 11) is 0. The summed E-state index contributed by atoms with van der Waals surface area (Å²) >= 11 is 0. The lowest BCUT2D eigenvalue weighted by molar-refractivity contribution is -0.166. The van der Waals surface area contributed by atoms with Crippen molar-refractivity contribution in [3.63, 3.8) is 0 Å². The number of ether oxygens (including phenoxy) is 2. The predicted molar refractivity (Wildman–Crippen MR) is 211 cm³/mol. The molecule has 0 aromatic carbocycles. The van der Waals surface area contributed by atoms with Crippen LogP contribution in [0.3, 0.4) is 0 Å². The Hall–Kier alpha value is -2.55. The van der Waals surface area contributed by atoms with Crippen molar-refractivity contribution in [3.8, 4) is 0 Å². The van der Waals surface area contributed by atoms with Crippen LogP contribution in [0, 0.1) is 58.2 Å². The first kappa shape index (κ1) is 42.6. The first-order valence-electron chi connectivity index (χ1n) is 20.9. The average molecular weight is 751 g/mol. The Labute approximate surface area is 324 Å². The molecule has 2 bridgehead atoms. The third kappa shape index (κ3) is 7.04. The van der Waals surface area contributed by atoms with Gasteiger partial charge >= 0.3 is 5.97 Å². The van der Waals surface area contributed by atoms with Crippen LogP contribution < -0.4 is 0 Å². The summed E-state index contributed by atoms with van der Waals surface area (Å²) in [6.07, 6.45) is 9.37. The van der Waals surface area contributed by atoms with Crippen molar-refractivity contribution in [1.29, 1.82) is 0 Å². The third-order valence-corrected chi connectivity index (χ3v) is 14.6. The van der Waals surface area contributed by atoms with E-state index in [9.17, 15) is 24.9 Å². The van der Waals surface area contributed by atoms with Gasteiger partial charge in [-0.3, -0.25) is 9.59 Å². The Bertz CT molecular complexity index is 1610. The molecule has 0 aromatic heterocycles. The van der Waals surface area contributed by atoms with Gasteiger partial charge in [0, 0.05) is 54.0 Å². The molecule has 54 heavy (non-hydrogen) atoms. The van der Waals surface area contributed by atoms with Crippen molar-refractivity contribution in [2.45, 2.75) is 158 Å². The number of rotatable bonds is 4. The molecule has 2 fully saturated rings. The molecule has 8 heteroatoms. The second-order valence-corrected chi connectivity index (χ2v) is 19.4. The maximum absolute atomic E-state index is 15.3. The van der Waals surface area contributed by atoms with E-state index in [2.05, 4.69) is 73.6 Å². The number of hydrogen-bond acceptors (Lipinski definition) is 8. The zero-order valence-corrected chi connectivity index (χ0v) is 35.3. The highest BCUT2D eigenvalue weighted by Crippen LogP contribution is 2.63. The lowest BCUT2D eigenvalue weighted by atomic mass is 9.47. The van der Waals surface area contributed by atoms with Crippen LogP contribution in [-0.4, -0.2) is 62.9 Å². The molecule has 1 saturated carbocycles. The molecule has 302 valence electrons. The number of carbonyl (C=O) groups excluding carboxylic acids is 3. The number of fused-ring (bicyclic) bond motifs is 4. The van der Waals surface area contributed by atoms with Gasteiger partial charge in [-0.15, -0.1) is 0 Å². The SMILES string of the molecule is CC/C1=C\[C@H](CO)C[C@@H](C)[C@H](OC(C)(C)C)C(C)CCC[C@]2(C)C=C(C)[C@H](C)CC23OC(=O)/C(=C(/O)C2(CC)C4C(C)C(=O)CC(O)[C@H]4C=C(C)[C@@H]12)C3=O. The largest absolute Gasteiger partial charge is 0.511 e. The summed E-state index contributed by atoms with van der Waals surface area (Å²) < 4.78 is 13.2. The lowest BCUT2D eigenvalue weighted by Gasteiger charge is -2.56. The highest BCUT2D eigenvalue weighted by Gasteiger charge is 2.67. The van der Waals surface area contributed by atoms with Gasteiger partial charge in [-0.25, -0.2) is 4.79 Å². The molecular weight excluding hydrogens is 680 g/mol. The fourth-order valence-corrected chi connectivity index (χ4v) is 11.9. The summed E-state index contributed by atoms with van der Waals surface area (Å²) in [5.74, 6) is -3.82. The van der Waals surface area contributed by atoms with E-state index >= 15 is 4.79 Å². The molecule has 1 saturated heterocycles. The molecule has 1 aliphatic heterocycles. The molecule has 5 rings (SSSR count). The molecular formula is C46H70O8. The highest BCUT2D eigenvalue weighted by atomic mass is 16.6. The maximum atomic E-state index is 15.3. The predicted octanol–water partition coefficient (Wildman–Crippen LogP) is 8.81. The Morgan fingerprint density at radius 2 is 1.67 bits per heavy atom. The molecule has 1 spiro atoms. The van der Waals surface area contributed by atoms with Gasteiger partial charge in [0.2, 0.25) is 5.78 Å². The van der Waals surface area contributed by atoms with E-state index in [-0.39, 0.29) is 65.5 Å². The number of Topliss-reactive ketones (excluding diaryl/α,β-unsaturated/α-hetero) is 2. The van der Waals surface area contributed by atoms with Crippen LogP contribution in [0.2, 0.25) is 0 Å². The van der Waals surface area contributed by atoms with Crippen molar-refractivity contribution in [2.24, 2.45) is 58.2 Å². The summed E-state index contributed by atoms with van der Waals surface area (Å²) in [5.41, 5.74) is -1.28. The van der Waals surface area contributed by atoms with Crippen LogP contribution in [0.25, 0.3) is 0 Å². The number of carbonyl (C=O) groups is 3. The van der Waals surface area contributed by atoms with E-state index in [1.54, 1.807) is 0 Å². The van der Waals surface area contributed by atoms with Gasteiger partial charge in [0.15, 0.2) is 5.60 Å². The fraction of sp³-hybridized carbons (Fsp3) is 0.761. The summed E-state index contributed by atoms with van der Waals surface area (Å²) in [6, 6.07) is 0.